The van der Waals surface area contributed by atoms with Crippen molar-refractivity contribution in [3.63, 3.8) is 0 Å². The van der Waals surface area contributed by atoms with Crippen LogP contribution in [0.5, 0.6) is 0 Å². The van der Waals surface area contributed by atoms with E-state index in [0.717, 1.165) is 11.1 Å². The van der Waals surface area contributed by atoms with Crippen LogP contribution in [0.25, 0.3) is 11.2 Å². The van der Waals surface area contributed by atoms with Crippen molar-refractivity contribution in [3.8, 4) is 0 Å². The molecular formula is C7H5BrFN3S. The number of fused-ring (bicyclic) bond motifs is 1. The molecular weight excluding hydrogens is 257 g/mol. The normalized spacial score (nSPS) is 11.0. The fourth-order valence-corrected chi connectivity index (χ4v) is 1.81. The zero-order valence-corrected chi connectivity index (χ0v) is 9.06. The molecule has 2 aromatic heterocycles. The van der Waals surface area contributed by atoms with Crippen LogP contribution in [0, 0.1) is 6.92 Å². The molecule has 0 aromatic carbocycles. The van der Waals surface area contributed by atoms with Crippen molar-refractivity contribution >= 4 is 39.4 Å². The van der Waals surface area contributed by atoms with E-state index in [4.69, 9.17) is 0 Å². The first-order valence-corrected chi connectivity index (χ1v) is 4.98. The van der Waals surface area contributed by atoms with Gasteiger partial charge in [0.25, 0.3) is 0 Å². The molecule has 0 atom stereocenters. The van der Waals surface area contributed by atoms with Gasteiger partial charge < -0.3 is 0 Å². The second kappa shape index (κ2) is 3.26. The summed E-state index contributed by atoms with van der Waals surface area (Å²) in [5.74, 6) is 0. The predicted octanol–water partition coefficient (Wildman–Crippen LogP) is 2.88. The van der Waals surface area contributed by atoms with Crippen molar-refractivity contribution in [2.75, 3.05) is 0 Å². The summed E-state index contributed by atoms with van der Waals surface area (Å²) in [6.45, 7) is 1.87. The fraction of sp³-hybridized carbons (Fsp3) is 0.143. The molecule has 0 amide bonds. The maximum Gasteiger partial charge on any atom is 0.171 e. The van der Waals surface area contributed by atoms with Gasteiger partial charge >= 0.3 is 0 Å². The maximum absolute atomic E-state index is 12.4. The molecule has 2 rings (SSSR count). The van der Waals surface area contributed by atoms with E-state index >= 15 is 0 Å². The topological polar surface area (TPSA) is 30.7 Å². The Morgan fingerprint density at radius 3 is 3.08 bits per heavy atom. The van der Waals surface area contributed by atoms with E-state index in [9.17, 15) is 3.89 Å². The molecule has 0 saturated heterocycles. The molecule has 0 bridgehead atoms. The van der Waals surface area contributed by atoms with Gasteiger partial charge in [0.15, 0.2) is 18.0 Å². The van der Waals surface area contributed by atoms with Crippen molar-refractivity contribution in [1.29, 1.82) is 0 Å². The average molecular weight is 262 g/mol. The first-order chi connectivity index (χ1) is 6.22. The highest BCUT2D eigenvalue weighted by Gasteiger charge is 2.08. The van der Waals surface area contributed by atoms with E-state index < -0.39 is 0 Å². The largest absolute Gasteiger partial charge is 0.245 e. The second-order valence-electron chi connectivity index (χ2n) is 2.57. The Hall–Kier alpha value is -0.620. The minimum absolute atomic E-state index is 0.124. The number of aromatic nitrogens is 3. The summed E-state index contributed by atoms with van der Waals surface area (Å²) in [5, 5.41) is 0. The molecule has 0 fully saturated rings. The Morgan fingerprint density at radius 1 is 1.62 bits per heavy atom. The van der Waals surface area contributed by atoms with Crippen molar-refractivity contribution in [2.24, 2.45) is 0 Å². The van der Waals surface area contributed by atoms with Crippen LogP contribution in [0.1, 0.15) is 5.56 Å². The highest BCUT2D eigenvalue weighted by Crippen LogP contribution is 2.23. The van der Waals surface area contributed by atoms with Gasteiger partial charge in [0.2, 0.25) is 0 Å². The third kappa shape index (κ3) is 1.44. The van der Waals surface area contributed by atoms with Crippen molar-refractivity contribution in [2.45, 2.75) is 6.92 Å². The second-order valence-corrected chi connectivity index (χ2v) is 3.92. The third-order valence-corrected chi connectivity index (χ3v) is 2.50. The number of hydrogen-bond donors (Lipinski definition) is 0. The van der Waals surface area contributed by atoms with E-state index in [-0.39, 0.29) is 12.3 Å². The third-order valence-electron chi connectivity index (χ3n) is 1.69. The molecule has 13 heavy (non-hydrogen) atoms. The highest BCUT2D eigenvalue weighted by atomic mass is 79.9. The molecule has 0 aliphatic heterocycles. The van der Waals surface area contributed by atoms with Crippen LogP contribution in [0.15, 0.2) is 17.0 Å². The molecule has 0 unspecified atom stereocenters. The average Bonchev–Trinajstić information content (AvgIpc) is 2.43. The molecule has 0 spiro atoms. The number of halogens is 2. The van der Waals surface area contributed by atoms with Crippen LogP contribution in [0.2, 0.25) is 0 Å². The van der Waals surface area contributed by atoms with Gasteiger partial charge in [-0.2, -0.15) is 0 Å². The monoisotopic (exact) mass is 261 g/mol. The van der Waals surface area contributed by atoms with Crippen LogP contribution in [-0.4, -0.2) is 13.9 Å². The molecule has 2 aromatic rings. The van der Waals surface area contributed by atoms with Gasteiger partial charge in [0.05, 0.1) is 6.20 Å². The minimum Gasteiger partial charge on any atom is -0.245 e. The summed E-state index contributed by atoms with van der Waals surface area (Å²) in [5.41, 5.74) is 2.18. The Kier molecular flexibility index (Phi) is 2.25. The van der Waals surface area contributed by atoms with E-state index in [1.807, 2.05) is 6.92 Å². The highest BCUT2D eigenvalue weighted by molar-refractivity contribution is 9.10. The molecule has 0 aliphatic rings. The van der Waals surface area contributed by atoms with Crippen molar-refractivity contribution < 1.29 is 3.89 Å². The van der Waals surface area contributed by atoms with Gasteiger partial charge in [-0.3, -0.25) is 0 Å². The molecule has 3 nitrogen and oxygen atoms in total. The van der Waals surface area contributed by atoms with Crippen molar-refractivity contribution in [1.82, 2.24) is 13.9 Å². The van der Waals surface area contributed by atoms with E-state index in [2.05, 4.69) is 25.9 Å². The van der Waals surface area contributed by atoms with Crippen LogP contribution in [-0.2, 0) is 0 Å². The van der Waals surface area contributed by atoms with E-state index in [1.165, 1.54) is 3.97 Å². The lowest BCUT2D eigenvalue weighted by Gasteiger charge is -1.94. The van der Waals surface area contributed by atoms with E-state index in [1.54, 1.807) is 12.4 Å². The first-order valence-electron chi connectivity index (χ1n) is 3.51. The van der Waals surface area contributed by atoms with Crippen LogP contribution in [0.4, 0.5) is 3.89 Å². The zero-order valence-electron chi connectivity index (χ0n) is 6.66. The first kappa shape index (κ1) is 8.96. The summed E-state index contributed by atoms with van der Waals surface area (Å²) in [6, 6.07) is 0. The molecule has 0 saturated carbocycles. The quantitative estimate of drug-likeness (QED) is 0.791. The number of hydrogen-bond acceptors (Lipinski definition) is 3. The lowest BCUT2D eigenvalue weighted by atomic mass is 10.3. The summed E-state index contributed by atoms with van der Waals surface area (Å²) in [4.78, 5) is 8.26. The summed E-state index contributed by atoms with van der Waals surface area (Å²) < 4.78 is 14.4. The Balaban J connectivity index is 2.80. The Labute approximate surface area is 86.9 Å². The van der Waals surface area contributed by atoms with E-state index in [0.29, 0.717) is 10.3 Å². The lowest BCUT2D eigenvalue weighted by Crippen LogP contribution is -1.86. The molecule has 68 valence electrons. The van der Waals surface area contributed by atoms with Gasteiger partial charge in [-0.25, -0.2) is 13.9 Å². The molecule has 2 heterocycles. The SMILES string of the molecule is Cc1cn(SF)c2ncc(Br)nc12. The standard InChI is InChI=1S/C7H5BrFN3S/c1-4-3-12(13-9)7-6(4)11-5(8)2-10-7/h2-3H,1H3. The number of rotatable bonds is 1. The molecule has 0 N–H and O–H groups in total. The van der Waals surface area contributed by atoms with Gasteiger partial charge in [-0.05, 0) is 28.4 Å². The molecule has 6 heteroatoms. The fourth-order valence-electron chi connectivity index (χ4n) is 1.14. The smallest absolute Gasteiger partial charge is 0.171 e. The Bertz CT molecular complexity index is 456. The van der Waals surface area contributed by atoms with Crippen molar-refractivity contribution in [3.05, 3.63) is 22.6 Å². The maximum atomic E-state index is 12.4. The number of nitrogens with zero attached hydrogens (tertiary/aromatic N) is 3. The summed E-state index contributed by atoms with van der Waals surface area (Å²) in [7, 11) is 0. The minimum atomic E-state index is 0.124. The van der Waals surface area contributed by atoms with Gasteiger partial charge in [0.1, 0.15) is 10.1 Å². The van der Waals surface area contributed by atoms with Gasteiger partial charge in [0, 0.05) is 6.20 Å². The summed E-state index contributed by atoms with van der Waals surface area (Å²) >= 11 is 3.34. The van der Waals surface area contributed by atoms with Crippen LogP contribution >= 0.6 is 28.3 Å². The van der Waals surface area contributed by atoms with Crippen LogP contribution < -0.4 is 0 Å². The van der Waals surface area contributed by atoms with Gasteiger partial charge in [-0.15, -0.1) is 3.89 Å². The number of aryl methyl sites for hydroxylation is 1. The zero-order chi connectivity index (χ0) is 9.42. The molecule has 0 radical (unpaired) electrons. The molecule has 0 aliphatic carbocycles. The lowest BCUT2D eigenvalue weighted by molar-refractivity contribution is 0.918. The summed E-state index contributed by atoms with van der Waals surface area (Å²) in [6.07, 6.45) is 3.22. The predicted molar refractivity (Wildman–Crippen MR) is 54.1 cm³/mol. The Morgan fingerprint density at radius 2 is 2.38 bits per heavy atom. The van der Waals surface area contributed by atoms with Gasteiger partial charge in [-0.1, -0.05) is 0 Å². The van der Waals surface area contributed by atoms with Crippen LogP contribution in [0.3, 0.4) is 0 Å².